The summed E-state index contributed by atoms with van der Waals surface area (Å²) in [7, 11) is 0. The Bertz CT molecular complexity index is 336. The van der Waals surface area contributed by atoms with Crippen molar-refractivity contribution in [1.29, 1.82) is 0 Å². The third kappa shape index (κ3) is 4.53. The molecule has 1 heterocycles. The van der Waals surface area contributed by atoms with Crippen molar-refractivity contribution in [3.05, 3.63) is 24.0 Å². The quantitative estimate of drug-likeness (QED) is 0.558. The molecule has 0 spiro atoms. The van der Waals surface area contributed by atoms with Crippen molar-refractivity contribution in [3.8, 4) is 0 Å². The minimum absolute atomic E-state index is 0.126. The number of amides is 1. The molecule has 4 nitrogen and oxygen atoms in total. The zero-order chi connectivity index (χ0) is 13.5. The fourth-order valence-electron chi connectivity index (χ4n) is 1.87. The highest BCUT2D eigenvalue weighted by Gasteiger charge is 2.30. The lowest BCUT2D eigenvalue weighted by molar-refractivity contribution is 0.0769. The van der Waals surface area contributed by atoms with Crippen LogP contribution in [-0.2, 0) is 9.47 Å². The maximum absolute atomic E-state index is 11.9. The Labute approximate surface area is 109 Å². The normalized spacial score (nSPS) is 20.1. The average molecular weight is 253 g/mol. The zero-order valence-electron chi connectivity index (χ0n) is 11.6. The Morgan fingerprint density at radius 3 is 2.83 bits per heavy atom. The lowest BCUT2D eigenvalue weighted by Crippen LogP contribution is -2.38. The van der Waals surface area contributed by atoms with E-state index in [2.05, 4.69) is 6.58 Å². The maximum atomic E-state index is 11.9. The second kappa shape index (κ2) is 7.21. The largest absolute Gasteiger partial charge is 0.415 e. The van der Waals surface area contributed by atoms with E-state index < -0.39 is 0 Å². The van der Waals surface area contributed by atoms with E-state index in [4.69, 9.17) is 9.47 Å². The number of hydrogen-bond donors (Lipinski definition) is 0. The van der Waals surface area contributed by atoms with Gasteiger partial charge in [0.05, 0.1) is 19.3 Å². The summed E-state index contributed by atoms with van der Waals surface area (Å²) in [6.45, 7) is 11.2. The predicted molar refractivity (Wildman–Crippen MR) is 71.3 cm³/mol. The van der Waals surface area contributed by atoms with E-state index in [-0.39, 0.29) is 12.1 Å². The molecular formula is C14H23NO3. The first-order valence-corrected chi connectivity index (χ1v) is 6.38. The lowest BCUT2D eigenvalue weighted by Gasteiger charge is -2.23. The average Bonchev–Trinajstić information content (AvgIpc) is 2.76. The summed E-state index contributed by atoms with van der Waals surface area (Å²) in [6, 6.07) is 0.126. The number of hydrogen-bond acceptors (Lipinski definition) is 3. The molecule has 0 N–H and O–H groups in total. The minimum atomic E-state index is -0.271. The van der Waals surface area contributed by atoms with Gasteiger partial charge in [0.25, 0.3) is 0 Å². The highest BCUT2D eigenvalue weighted by Crippen LogP contribution is 2.19. The van der Waals surface area contributed by atoms with Crippen LogP contribution in [0.25, 0.3) is 0 Å². The fourth-order valence-corrected chi connectivity index (χ4v) is 1.87. The van der Waals surface area contributed by atoms with Gasteiger partial charge in [0.1, 0.15) is 5.76 Å². The van der Waals surface area contributed by atoms with E-state index in [1.165, 1.54) is 0 Å². The van der Waals surface area contributed by atoms with Crippen molar-refractivity contribution in [2.24, 2.45) is 0 Å². The predicted octanol–water partition coefficient (Wildman–Crippen LogP) is 3.10. The molecule has 1 saturated heterocycles. The Morgan fingerprint density at radius 1 is 1.50 bits per heavy atom. The van der Waals surface area contributed by atoms with Crippen molar-refractivity contribution in [1.82, 2.24) is 4.90 Å². The van der Waals surface area contributed by atoms with E-state index >= 15 is 0 Å². The first-order chi connectivity index (χ1) is 8.54. The van der Waals surface area contributed by atoms with Crippen LogP contribution in [0, 0.1) is 0 Å². The minimum Gasteiger partial charge on any atom is -0.415 e. The van der Waals surface area contributed by atoms with Crippen molar-refractivity contribution >= 4 is 6.09 Å². The summed E-state index contributed by atoms with van der Waals surface area (Å²) in [5.74, 6) is 0.633. The van der Waals surface area contributed by atoms with Crippen molar-refractivity contribution < 1.29 is 14.3 Å². The first kappa shape index (κ1) is 14.8. The molecule has 1 aliphatic rings. The molecule has 0 aromatic rings. The lowest BCUT2D eigenvalue weighted by atomic mass is 10.2. The van der Waals surface area contributed by atoms with Gasteiger partial charge in [-0.15, -0.1) is 0 Å². The van der Waals surface area contributed by atoms with Gasteiger partial charge < -0.3 is 14.4 Å². The second-order valence-electron chi connectivity index (χ2n) is 4.73. The van der Waals surface area contributed by atoms with E-state index in [9.17, 15) is 4.79 Å². The highest BCUT2D eigenvalue weighted by atomic mass is 16.6. The van der Waals surface area contributed by atoms with Crippen LogP contribution in [-0.4, -0.2) is 36.8 Å². The maximum Gasteiger partial charge on any atom is 0.415 e. The summed E-state index contributed by atoms with van der Waals surface area (Å²) in [5, 5.41) is 0. The number of carbonyl (C=O) groups excluding carboxylic acids is 1. The molecule has 0 aromatic carbocycles. The van der Waals surface area contributed by atoms with Crippen LogP contribution >= 0.6 is 0 Å². The highest BCUT2D eigenvalue weighted by molar-refractivity contribution is 5.69. The van der Waals surface area contributed by atoms with Gasteiger partial charge in [0, 0.05) is 6.54 Å². The standard InChI is InChI=1S/C14H23NO3/c1-5-12(4)18-14(16)15-8-6-7-13(15)10-17-9-11(2)3/h5,13H,2,6-10H2,1,3-4H3/b12-5+/t13-/m1/s1. The number of rotatable bonds is 5. The molecule has 0 unspecified atom stereocenters. The van der Waals surface area contributed by atoms with Crippen LogP contribution in [0.4, 0.5) is 4.79 Å². The van der Waals surface area contributed by atoms with E-state index in [1.54, 1.807) is 17.9 Å². The summed E-state index contributed by atoms with van der Waals surface area (Å²) in [6.07, 6.45) is 3.48. The SMILES string of the molecule is C=C(C)COC[C@H]1CCCN1C(=O)O/C(C)=C/C. The molecule has 1 rings (SSSR count). The summed E-state index contributed by atoms with van der Waals surface area (Å²) in [4.78, 5) is 13.7. The van der Waals surface area contributed by atoms with Gasteiger partial charge in [0.2, 0.25) is 0 Å². The number of likely N-dealkylation sites (tertiary alicyclic amines) is 1. The zero-order valence-corrected chi connectivity index (χ0v) is 11.6. The molecule has 4 heteroatoms. The van der Waals surface area contributed by atoms with Crippen molar-refractivity contribution in [2.45, 2.75) is 39.7 Å². The molecule has 18 heavy (non-hydrogen) atoms. The smallest absolute Gasteiger partial charge is 0.415 e. The van der Waals surface area contributed by atoms with Gasteiger partial charge in [-0.1, -0.05) is 12.2 Å². The summed E-state index contributed by atoms with van der Waals surface area (Å²) < 4.78 is 10.7. The van der Waals surface area contributed by atoms with Crippen LogP contribution in [0.5, 0.6) is 0 Å². The third-order valence-corrected chi connectivity index (χ3v) is 2.93. The van der Waals surface area contributed by atoms with Crippen molar-refractivity contribution in [3.63, 3.8) is 0 Å². The van der Waals surface area contributed by atoms with E-state index in [0.29, 0.717) is 19.0 Å². The Morgan fingerprint density at radius 2 is 2.22 bits per heavy atom. The van der Waals surface area contributed by atoms with Gasteiger partial charge in [-0.05, 0) is 39.7 Å². The molecule has 1 atom stereocenters. The molecule has 0 aliphatic carbocycles. The molecular weight excluding hydrogens is 230 g/mol. The van der Waals surface area contributed by atoms with Crippen LogP contribution in [0.15, 0.2) is 24.0 Å². The first-order valence-electron chi connectivity index (χ1n) is 6.38. The molecule has 102 valence electrons. The number of nitrogens with zero attached hydrogens (tertiary/aromatic N) is 1. The summed E-state index contributed by atoms with van der Waals surface area (Å²) in [5.41, 5.74) is 0.992. The number of carbonyl (C=O) groups is 1. The van der Waals surface area contributed by atoms with Crippen LogP contribution < -0.4 is 0 Å². The van der Waals surface area contributed by atoms with Gasteiger partial charge >= 0.3 is 6.09 Å². The monoisotopic (exact) mass is 253 g/mol. The number of allylic oxidation sites excluding steroid dienone is 2. The van der Waals surface area contributed by atoms with Gasteiger partial charge in [-0.3, -0.25) is 0 Å². The van der Waals surface area contributed by atoms with E-state index in [1.807, 2.05) is 13.8 Å². The molecule has 1 amide bonds. The Hall–Kier alpha value is -1.29. The van der Waals surface area contributed by atoms with E-state index in [0.717, 1.165) is 25.0 Å². The topological polar surface area (TPSA) is 38.8 Å². The third-order valence-electron chi connectivity index (χ3n) is 2.93. The Kier molecular flexibility index (Phi) is 5.92. The number of ether oxygens (including phenoxy) is 2. The van der Waals surface area contributed by atoms with Gasteiger partial charge in [0.15, 0.2) is 0 Å². The van der Waals surface area contributed by atoms with Crippen LogP contribution in [0.2, 0.25) is 0 Å². The van der Waals surface area contributed by atoms with Gasteiger partial charge in [-0.2, -0.15) is 0 Å². The second-order valence-corrected chi connectivity index (χ2v) is 4.73. The van der Waals surface area contributed by atoms with Crippen molar-refractivity contribution in [2.75, 3.05) is 19.8 Å². The molecule has 0 bridgehead atoms. The molecule has 1 fully saturated rings. The molecule has 0 aromatic heterocycles. The molecule has 0 radical (unpaired) electrons. The van der Waals surface area contributed by atoms with Crippen LogP contribution in [0.3, 0.4) is 0 Å². The Balaban J connectivity index is 2.43. The van der Waals surface area contributed by atoms with Gasteiger partial charge in [-0.25, -0.2) is 4.79 Å². The molecule has 1 aliphatic heterocycles. The molecule has 0 saturated carbocycles. The van der Waals surface area contributed by atoms with Crippen LogP contribution in [0.1, 0.15) is 33.6 Å². The fraction of sp³-hybridized carbons (Fsp3) is 0.643. The summed E-state index contributed by atoms with van der Waals surface area (Å²) >= 11 is 0.